The summed E-state index contributed by atoms with van der Waals surface area (Å²) in [6, 6.07) is 7.61. The van der Waals surface area contributed by atoms with Gasteiger partial charge in [0.1, 0.15) is 11.5 Å². The fraction of sp³-hybridized carbons (Fsp3) is 0.222. The van der Waals surface area contributed by atoms with Crippen LogP contribution in [-0.2, 0) is 11.2 Å². The number of aromatic nitrogens is 1. The Morgan fingerprint density at radius 3 is 2.80 bits per heavy atom. The number of nitrogens with one attached hydrogen (secondary N) is 1. The Morgan fingerprint density at radius 2 is 2.08 bits per heavy atom. The highest BCUT2D eigenvalue weighted by atomic mass is 32.1. The number of carbonyl (C=O) groups excluding carboxylic acids is 1. The minimum Gasteiger partial charge on any atom is -0.497 e. The van der Waals surface area contributed by atoms with Crippen LogP contribution in [0, 0.1) is 0 Å². The number of methoxy groups -OCH3 is 2. The van der Waals surface area contributed by atoms with E-state index in [2.05, 4.69) is 15.7 Å². The molecule has 0 aliphatic heterocycles. The minimum absolute atomic E-state index is 0.0335. The molecule has 1 amide bonds. The molecule has 0 spiro atoms. The van der Waals surface area contributed by atoms with Crippen molar-refractivity contribution in [1.29, 1.82) is 0 Å². The number of ether oxygens (including phenoxy) is 2. The summed E-state index contributed by atoms with van der Waals surface area (Å²) in [5.41, 5.74) is 2.80. The Balaban J connectivity index is 1.67. The first-order chi connectivity index (χ1) is 12.2. The number of rotatable bonds is 7. The first-order valence-electron chi connectivity index (χ1n) is 7.68. The van der Waals surface area contributed by atoms with E-state index in [0.717, 1.165) is 23.4 Å². The quantitative estimate of drug-likeness (QED) is 0.663. The third-order valence-corrected chi connectivity index (χ3v) is 5.15. The van der Waals surface area contributed by atoms with Gasteiger partial charge in [-0.1, -0.05) is 0 Å². The molecule has 0 aliphatic carbocycles. The second-order valence-electron chi connectivity index (χ2n) is 5.28. The van der Waals surface area contributed by atoms with E-state index in [0.29, 0.717) is 17.3 Å². The van der Waals surface area contributed by atoms with Crippen molar-refractivity contribution in [1.82, 2.24) is 4.98 Å². The molecule has 2 heterocycles. The van der Waals surface area contributed by atoms with Crippen molar-refractivity contribution in [2.24, 2.45) is 0 Å². The zero-order valence-electron chi connectivity index (χ0n) is 13.9. The molecule has 0 bridgehead atoms. The van der Waals surface area contributed by atoms with Crippen LogP contribution in [0.15, 0.2) is 40.4 Å². The van der Waals surface area contributed by atoms with Crippen molar-refractivity contribution in [2.75, 3.05) is 19.5 Å². The fourth-order valence-electron chi connectivity index (χ4n) is 2.34. The third kappa shape index (κ3) is 4.37. The number of anilines is 1. The molecule has 0 saturated carbocycles. The Bertz CT molecular complexity index is 844. The van der Waals surface area contributed by atoms with Crippen LogP contribution in [0.5, 0.6) is 11.5 Å². The van der Waals surface area contributed by atoms with E-state index in [1.54, 1.807) is 25.6 Å². The number of hydrogen-bond donors (Lipinski definition) is 1. The molecule has 3 rings (SSSR count). The van der Waals surface area contributed by atoms with Crippen molar-refractivity contribution in [3.63, 3.8) is 0 Å². The summed E-state index contributed by atoms with van der Waals surface area (Å²) in [4.78, 5) is 16.6. The van der Waals surface area contributed by atoms with E-state index in [-0.39, 0.29) is 5.91 Å². The Hall–Kier alpha value is -2.38. The van der Waals surface area contributed by atoms with Crippen LogP contribution in [0.25, 0.3) is 11.3 Å². The first-order valence-corrected chi connectivity index (χ1v) is 9.50. The van der Waals surface area contributed by atoms with Crippen molar-refractivity contribution >= 4 is 33.7 Å². The maximum atomic E-state index is 12.1. The summed E-state index contributed by atoms with van der Waals surface area (Å²) in [6.07, 6.45) is 1.18. The molecule has 0 radical (unpaired) electrons. The van der Waals surface area contributed by atoms with E-state index >= 15 is 0 Å². The van der Waals surface area contributed by atoms with Gasteiger partial charge in [-0.2, -0.15) is 11.3 Å². The molecule has 1 N–H and O–H groups in total. The number of thiazole rings is 1. The number of nitrogens with zero attached hydrogens (tertiary/aromatic N) is 1. The second-order valence-corrected chi connectivity index (χ2v) is 6.92. The van der Waals surface area contributed by atoms with Gasteiger partial charge >= 0.3 is 0 Å². The second kappa shape index (κ2) is 8.13. The van der Waals surface area contributed by atoms with Crippen LogP contribution in [0.3, 0.4) is 0 Å². The highest BCUT2D eigenvalue weighted by Crippen LogP contribution is 2.34. The average molecular weight is 374 g/mol. The summed E-state index contributed by atoms with van der Waals surface area (Å²) >= 11 is 3.04. The molecule has 7 heteroatoms. The van der Waals surface area contributed by atoms with Gasteiger partial charge in [0, 0.05) is 23.4 Å². The molecule has 2 aromatic heterocycles. The zero-order valence-corrected chi connectivity index (χ0v) is 15.6. The average Bonchev–Trinajstić information content (AvgIpc) is 3.31. The lowest BCUT2D eigenvalue weighted by Crippen LogP contribution is -2.11. The lowest BCUT2D eigenvalue weighted by atomic mass is 10.1. The van der Waals surface area contributed by atoms with Crippen LogP contribution in [0.1, 0.15) is 12.0 Å². The molecule has 25 heavy (non-hydrogen) atoms. The predicted octanol–water partition coefficient (Wildman–Crippen LogP) is 4.46. The number of benzene rings is 1. The Labute approximate surface area is 154 Å². The van der Waals surface area contributed by atoms with Gasteiger partial charge in [-0.3, -0.25) is 4.79 Å². The SMILES string of the molecule is COc1ccc(-c2csc(NC(=O)CCc3ccsc3)n2)c(OC)c1. The summed E-state index contributed by atoms with van der Waals surface area (Å²) < 4.78 is 10.6. The number of thiophene rings is 1. The lowest BCUT2D eigenvalue weighted by molar-refractivity contribution is -0.116. The van der Waals surface area contributed by atoms with Gasteiger partial charge in [-0.15, -0.1) is 11.3 Å². The maximum absolute atomic E-state index is 12.1. The van der Waals surface area contributed by atoms with Crippen LogP contribution >= 0.6 is 22.7 Å². The summed E-state index contributed by atoms with van der Waals surface area (Å²) in [7, 11) is 3.22. The highest BCUT2D eigenvalue weighted by molar-refractivity contribution is 7.14. The van der Waals surface area contributed by atoms with E-state index in [9.17, 15) is 4.79 Å². The lowest BCUT2D eigenvalue weighted by Gasteiger charge is -2.08. The maximum Gasteiger partial charge on any atom is 0.226 e. The molecule has 0 unspecified atom stereocenters. The van der Waals surface area contributed by atoms with Crippen LogP contribution < -0.4 is 14.8 Å². The van der Waals surface area contributed by atoms with E-state index in [4.69, 9.17) is 9.47 Å². The van der Waals surface area contributed by atoms with E-state index in [1.165, 1.54) is 16.9 Å². The molecule has 0 fully saturated rings. The molecule has 5 nitrogen and oxygen atoms in total. The van der Waals surface area contributed by atoms with Crippen molar-refractivity contribution in [2.45, 2.75) is 12.8 Å². The number of hydrogen-bond acceptors (Lipinski definition) is 6. The Morgan fingerprint density at radius 1 is 1.20 bits per heavy atom. The fourth-order valence-corrected chi connectivity index (χ4v) is 3.77. The van der Waals surface area contributed by atoms with Crippen LogP contribution in [0.4, 0.5) is 5.13 Å². The van der Waals surface area contributed by atoms with Gasteiger partial charge < -0.3 is 14.8 Å². The van der Waals surface area contributed by atoms with E-state index < -0.39 is 0 Å². The molecule has 0 aliphatic rings. The van der Waals surface area contributed by atoms with Crippen LogP contribution in [-0.4, -0.2) is 25.1 Å². The molecule has 130 valence electrons. The number of amides is 1. The molecular formula is C18H18N2O3S2. The highest BCUT2D eigenvalue weighted by Gasteiger charge is 2.13. The van der Waals surface area contributed by atoms with Crippen molar-refractivity contribution in [3.05, 3.63) is 46.0 Å². The van der Waals surface area contributed by atoms with Crippen molar-refractivity contribution in [3.8, 4) is 22.8 Å². The summed E-state index contributed by atoms with van der Waals surface area (Å²) in [5.74, 6) is 1.37. The summed E-state index contributed by atoms with van der Waals surface area (Å²) in [6.45, 7) is 0. The molecule has 0 saturated heterocycles. The molecule has 1 aromatic carbocycles. The topological polar surface area (TPSA) is 60.5 Å². The van der Waals surface area contributed by atoms with E-state index in [1.807, 2.05) is 35.0 Å². The van der Waals surface area contributed by atoms with Gasteiger partial charge in [0.2, 0.25) is 5.91 Å². The molecule has 3 aromatic rings. The zero-order chi connectivity index (χ0) is 17.6. The normalized spacial score (nSPS) is 10.5. The third-order valence-electron chi connectivity index (χ3n) is 3.66. The van der Waals surface area contributed by atoms with Gasteiger partial charge in [0.25, 0.3) is 0 Å². The van der Waals surface area contributed by atoms with Gasteiger partial charge in [-0.05, 0) is 40.9 Å². The standard InChI is InChI=1S/C18H18N2O3S2/c1-22-13-4-5-14(16(9-13)23-2)15-11-25-18(19-15)20-17(21)6-3-12-7-8-24-10-12/h4-5,7-11H,3,6H2,1-2H3,(H,19,20,21). The van der Waals surface area contributed by atoms with Gasteiger partial charge in [-0.25, -0.2) is 4.98 Å². The first kappa shape index (κ1) is 17.4. The van der Waals surface area contributed by atoms with Gasteiger partial charge in [0.05, 0.1) is 19.9 Å². The van der Waals surface area contributed by atoms with Crippen molar-refractivity contribution < 1.29 is 14.3 Å². The largest absolute Gasteiger partial charge is 0.497 e. The molecular weight excluding hydrogens is 356 g/mol. The number of carbonyl (C=O) groups is 1. The Kier molecular flexibility index (Phi) is 5.67. The minimum atomic E-state index is -0.0335. The monoisotopic (exact) mass is 374 g/mol. The van der Waals surface area contributed by atoms with Crippen LogP contribution in [0.2, 0.25) is 0 Å². The number of aryl methyl sites for hydroxylation is 1. The smallest absolute Gasteiger partial charge is 0.226 e. The molecule has 0 atom stereocenters. The predicted molar refractivity (Wildman–Crippen MR) is 102 cm³/mol. The summed E-state index contributed by atoms with van der Waals surface area (Å²) in [5, 5.41) is 9.43. The van der Waals surface area contributed by atoms with Gasteiger partial charge in [0.15, 0.2) is 5.13 Å².